The second-order valence-electron chi connectivity index (χ2n) is 6.61. The van der Waals surface area contributed by atoms with Gasteiger partial charge in [0.05, 0.1) is 12.1 Å². The molecule has 1 N–H and O–H groups in total. The van der Waals surface area contributed by atoms with Gasteiger partial charge in [-0.2, -0.15) is 0 Å². The van der Waals surface area contributed by atoms with Crippen LogP contribution in [0.4, 0.5) is 8.78 Å². The molecular weight excluding hydrogens is 420 g/mol. The SMILES string of the molecule is C=C/C(=N/C1=NCCS1)NC(=C)CN1CCN(C(=O)c2cccc(F)c2F)CC1.CC. The van der Waals surface area contributed by atoms with Gasteiger partial charge in [0.1, 0.15) is 5.84 Å². The van der Waals surface area contributed by atoms with E-state index in [2.05, 4.69) is 33.4 Å². The number of piperazine rings is 1. The van der Waals surface area contributed by atoms with Gasteiger partial charge in [-0.25, -0.2) is 13.8 Å². The number of carbonyl (C=O) groups is 1. The third-order valence-corrected chi connectivity index (χ3v) is 5.41. The van der Waals surface area contributed by atoms with Gasteiger partial charge < -0.3 is 10.2 Å². The second-order valence-corrected chi connectivity index (χ2v) is 7.67. The average Bonchev–Trinajstić information content (AvgIpc) is 3.30. The largest absolute Gasteiger partial charge is 0.343 e. The molecule has 1 saturated heterocycles. The van der Waals surface area contributed by atoms with Gasteiger partial charge >= 0.3 is 0 Å². The molecule has 1 fully saturated rings. The van der Waals surface area contributed by atoms with E-state index in [-0.39, 0.29) is 5.56 Å². The zero-order valence-corrected chi connectivity index (χ0v) is 18.9. The summed E-state index contributed by atoms with van der Waals surface area (Å²) >= 11 is 1.60. The fourth-order valence-electron chi connectivity index (χ4n) is 3.06. The first-order valence-electron chi connectivity index (χ1n) is 10.3. The van der Waals surface area contributed by atoms with Gasteiger partial charge in [-0.3, -0.25) is 14.7 Å². The van der Waals surface area contributed by atoms with Gasteiger partial charge in [0, 0.05) is 44.2 Å². The van der Waals surface area contributed by atoms with Crippen molar-refractivity contribution in [3.8, 4) is 0 Å². The minimum Gasteiger partial charge on any atom is -0.343 e. The van der Waals surface area contributed by atoms with Crippen molar-refractivity contribution < 1.29 is 13.6 Å². The number of hydrogen-bond donors (Lipinski definition) is 1. The Bertz CT molecular complexity index is 863. The van der Waals surface area contributed by atoms with Crippen LogP contribution in [-0.2, 0) is 0 Å². The van der Waals surface area contributed by atoms with Crippen LogP contribution in [0.25, 0.3) is 0 Å². The van der Waals surface area contributed by atoms with Crippen molar-refractivity contribution in [2.24, 2.45) is 9.98 Å². The number of nitrogens with zero attached hydrogens (tertiary/aromatic N) is 4. The van der Waals surface area contributed by atoms with Gasteiger partial charge in [0.15, 0.2) is 16.8 Å². The lowest BCUT2D eigenvalue weighted by atomic mass is 10.1. The third-order valence-electron chi connectivity index (χ3n) is 4.54. The molecule has 1 aromatic rings. The minimum atomic E-state index is -1.10. The number of aliphatic imine (C=N–C) groups is 2. The van der Waals surface area contributed by atoms with Gasteiger partial charge in [0.2, 0.25) is 0 Å². The summed E-state index contributed by atoms with van der Waals surface area (Å²) in [6, 6.07) is 3.65. The third kappa shape index (κ3) is 7.00. The standard InChI is InChI=1S/C20H23F2N5OS.C2H6/c1-3-17(25-20-23-7-12-29-20)24-14(2)13-26-8-10-27(11-9-26)19(28)15-5-4-6-16(21)18(15)22;1-2/h3-6H,1-2,7-13H2,(H,23,24,25);1-2H3. The fourth-order valence-corrected chi connectivity index (χ4v) is 3.77. The number of benzene rings is 1. The molecule has 31 heavy (non-hydrogen) atoms. The lowest BCUT2D eigenvalue weighted by Gasteiger charge is -2.35. The van der Waals surface area contributed by atoms with E-state index in [1.54, 1.807) is 17.8 Å². The van der Waals surface area contributed by atoms with Crippen molar-refractivity contribution in [1.82, 2.24) is 15.1 Å². The Kier molecular flexibility index (Phi) is 9.87. The van der Waals surface area contributed by atoms with Crippen molar-refractivity contribution in [2.45, 2.75) is 13.8 Å². The van der Waals surface area contributed by atoms with Crippen LogP contribution < -0.4 is 5.32 Å². The molecule has 0 aromatic heterocycles. The average molecular weight is 450 g/mol. The Morgan fingerprint density at radius 3 is 2.61 bits per heavy atom. The highest BCUT2D eigenvalue weighted by Gasteiger charge is 2.25. The predicted octanol–water partition coefficient (Wildman–Crippen LogP) is 3.54. The highest BCUT2D eigenvalue weighted by atomic mass is 32.2. The van der Waals surface area contributed by atoms with Crippen molar-refractivity contribution in [1.29, 1.82) is 0 Å². The second kappa shape index (κ2) is 12.4. The zero-order chi connectivity index (χ0) is 22.8. The van der Waals surface area contributed by atoms with Crippen LogP contribution in [0.15, 0.2) is 53.1 Å². The predicted molar refractivity (Wildman–Crippen MR) is 125 cm³/mol. The van der Waals surface area contributed by atoms with Crippen molar-refractivity contribution in [2.75, 3.05) is 45.0 Å². The quantitative estimate of drug-likeness (QED) is 0.552. The molecule has 9 heteroatoms. The molecular formula is C22H29F2N5OS. The van der Waals surface area contributed by atoms with Gasteiger partial charge in [-0.15, -0.1) is 0 Å². The highest BCUT2D eigenvalue weighted by molar-refractivity contribution is 8.14. The monoisotopic (exact) mass is 449 g/mol. The summed E-state index contributed by atoms with van der Waals surface area (Å²) in [5, 5.41) is 3.88. The molecule has 2 heterocycles. The summed E-state index contributed by atoms with van der Waals surface area (Å²) in [6.45, 7) is 15.2. The maximum atomic E-state index is 13.9. The molecule has 1 aromatic carbocycles. The Morgan fingerprint density at radius 2 is 2.00 bits per heavy atom. The molecule has 0 atom stereocenters. The Labute approximate surface area is 186 Å². The van der Waals surface area contributed by atoms with Crippen LogP contribution in [0.5, 0.6) is 0 Å². The number of rotatable bonds is 5. The van der Waals surface area contributed by atoms with Crippen LogP contribution in [-0.4, -0.2) is 71.7 Å². The minimum absolute atomic E-state index is 0.232. The molecule has 6 nitrogen and oxygen atoms in total. The maximum absolute atomic E-state index is 13.9. The smallest absolute Gasteiger partial charge is 0.257 e. The molecule has 0 saturated carbocycles. The lowest BCUT2D eigenvalue weighted by molar-refractivity contribution is 0.0641. The topological polar surface area (TPSA) is 60.3 Å². The van der Waals surface area contributed by atoms with Crippen LogP contribution in [0.1, 0.15) is 24.2 Å². The molecule has 0 bridgehead atoms. The van der Waals surface area contributed by atoms with E-state index in [9.17, 15) is 13.6 Å². The Hall–Kier alpha value is -2.52. The number of carbonyl (C=O) groups excluding carboxylic acids is 1. The molecule has 168 valence electrons. The van der Waals surface area contributed by atoms with E-state index in [1.165, 1.54) is 17.0 Å². The number of amides is 1. The number of thioether (sulfide) groups is 1. The van der Waals surface area contributed by atoms with Crippen LogP contribution in [0, 0.1) is 11.6 Å². The van der Waals surface area contributed by atoms with Crippen LogP contribution in [0.3, 0.4) is 0 Å². The number of halogens is 2. The maximum Gasteiger partial charge on any atom is 0.257 e. The van der Waals surface area contributed by atoms with Gasteiger partial charge in [-0.1, -0.05) is 44.8 Å². The first-order chi connectivity index (χ1) is 15.0. The zero-order valence-electron chi connectivity index (χ0n) is 18.0. The Morgan fingerprint density at radius 1 is 1.29 bits per heavy atom. The first-order valence-corrected chi connectivity index (χ1v) is 11.3. The molecule has 0 radical (unpaired) electrons. The molecule has 0 spiro atoms. The molecule has 3 rings (SSSR count). The van der Waals surface area contributed by atoms with Gasteiger partial charge in [-0.05, 0) is 18.2 Å². The number of nitrogens with one attached hydrogen (secondary N) is 1. The number of hydrogen-bond acceptors (Lipinski definition) is 5. The molecule has 2 aliphatic rings. The molecule has 2 aliphatic heterocycles. The first kappa shape index (κ1) is 24.7. The summed E-state index contributed by atoms with van der Waals surface area (Å²) < 4.78 is 27.3. The van der Waals surface area contributed by atoms with E-state index < -0.39 is 17.5 Å². The van der Waals surface area contributed by atoms with Gasteiger partial charge in [0.25, 0.3) is 5.91 Å². The summed E-state index contributed by atoms with van der Waals surface area (Å²) in [4.78, 5) is 24.8. The normalized spacial score (nSPS) is 16.8. The van der Waals surface area contributed by atoms with Crippen LogP contribution in [0.2, 0.25) is 0 Å². The molecule has 0 aliphatic carbocycles. The summed E-state index contributed by atoms with van der Waals surface area (Å²) in [6.07, 6.45) is 1.62. The fraction of sp³-hybridized carbons (Fsp3) is 0.409. The summed E-state index contributed by atoms with van der Waals surface area (Å²) in [5.74, 6) is -1.07. The van der Waals surface area contributed by atoms with E-state index in [4.69, 9.17) is 0 Å². The molecule has 1 amide bonds. The summed E-state index contributed by atoms with van der Waals surface area (Å²) in [5.41, 5.74) is 0.521. The molecule has 0 unspecified atom stereocenters. The number of amidine groups is 2. The van der Waals surface area contributed by atoms with E-state index in [0.29, 0.717) is 38.6 Å². The van der Waals surface area contributed by atoms with Crippen molar-refractivity contribution in [3.05, 3.63) is 60.3 Å². The van der Waals surface area contributed by atoms with Crippen LogP contribution >= 0.6 is 11.8 Å². The van der Waals surface area contributed by atoms with Crippen molar-refractivity contribution in [3.63, 3.8) is 0 Å². The van der Waals surface area contributed by atoms with E-state index >= 15 is 0 Å². The van der Waals surface area contributed by atoms with E-state index in [1.807, 2.05) is 13.8 Å². The van der Waals surface area contributed by atoms with Crippen molar-refractivity contribution >= 4 is 28.7 Å². The lowest BCUT2D eigenvalue weighted by Crippen LogP contribution is -2.49. The van der Waals surface area contributed by atoms with E-state index in [0.717, 1.165) is 29.2 Å². The highest BCUT2D eigenvalue weighted by Crippen LogP contribution is 2.16. The summed E-state index contributed by atoms with van der Waals surface area (Å²) in [7, 11) is 0. The Balaban J connectivity index is 0.00000166.